The largest absolute Gasteiger partial charge is 0.364 e. The zero-order valence-electron chi connectivity index (χ0n) is 14.4. The summed E-state index contributed by atoms with van der Waals surface area (Å²) in [5.74, 6) is 2.46. The first-order valence-electron chi connectivity index (χ1n) is 8.64. The van der Waals surface area contributed by atoms with Gasteiger partial charge in [-0.2, -0.15) is 10.1 Å². The Morgan fingerprint density at radius 3 is 1.38 bits per heavy atom. The second kappa shape index (κ2) is 19.8. The number of unbranched alkanes of at least 4 members (excludes halogenated alkanes) is 10. The van der Waals surface area contributed by atoms with Gasteiger partial charge in [-0.15, -0.1) is 12.2 Å². The summed E-state index contributed by atoms with van der Waals surface area (Å²) in [5, 5.41) is 0. The molecule has 21 heavy (non-hydrogen) atoms. The zero-order valence-corrected chi connectivity index (χ0v) is 20.1. The Bertz CT molecular complexity index is 228. The van der Waals surface area contributed by atoms with Gasteiger partial charge in [0.05, 0.1) is 6.13 Å². The van der Waals surface area contributed by atoms with E-state index in [9.17, 15) is 4.89 Å². The Balaban J connectivity index is 0. The molecule has 1 unspecified atom stereocenters. The Hall–Kier alpha value is 1.71. The summed E-state index contributed by atoms with van der Waals surface area (Å²) in [7, 11) is 0.231. The molecule has 0 amide bonds. The van der Waals surface area contributed by atoms with Crippen molar-refractivity contribution in [2.45, 2.75) is 90.9 Å². The van der Waals surface area contributed by atoms with Crippen molar-refractivity contribution in [2.24, 2.45) is 0 Å². The molecule has 0 aliphatic rings. The first kappa shape index (κ1) is 25.0. The summed E-state index contributed by atoms with van der Waals surface area (Å²) >= 11 is 4.38. The van der Waals surface area contributed by atoms with Crippen molar-refractivity contribution in [2.75, 3.05) is 11.5 Å². The van der Waals surface area contributed by atoms with Gasteiger partial charge in [0.25, 0.3) is 0 Å². The Labute approximate surface area is 154 Å². The van der Waals surface area contributed by atoms with Crippen molar-refractivity contribution < 1.29 is 24.4 Å². The van der Waals surface area contributed by atoms with Crippen LogP contribution in [0.2, 0.25) is 0 Å². The van der Waals surface area contributed by atoms with Crippen LogP contribution in [0.4, 0.5) is 0 Å². The second-order valence-corrected chi connectivity index (χ2v) is 13.2. The minimum Gasteiger partial charge on any atom is -0.364 e. The average Bonchev–Trinajstić information content (AvgIpc) is 2.43. The van der Waals surface area contributed by atoms with E-state index in [1.54, 1.807) is 0 Å². The van der Waals surface area contributed by atoms with Gasteiger partial charge in [0.15, 0.2) is 0 Å². The first-order valence-corrected chi connectivity index (χ1v) is 13.7. The van der Waals surface area contributed by atoms with Crippen molar-refractivity contribution in [1.82, 2.24) is 0 Å². The number of hydrogen-bond acceptors (Lipinski definition) is 0. The maximum atomic E-state index is 9.87. The molecule has 0 aromatic rings. The molecule has 1 nitrogen and oxygen atoms in total. The molecule has 0 radical (unpaired) electrons. The quantitative estimate of drug-likeness (QED) is 0.152. The van der Waals surface area contributed by atoms with Gasteiger partial charge < -0.3 is 4.89 Å². The van der Waals surface area contributed by atoms with E-state index in [-0.39, 0.29) is 29.6 Å². The van der Waals surface area contributed by atoms with Crippen LogP contribution in [0.15, 0.2) is 0 Å². The standard InChI is InChI=1S/C16H37OPS2.Zn/c1-3-5-7-9-11-13-15-20(18(17)19)16-14-12-10-8-6-4-2;/h17-19H,3-16H2,1-2H3;. The van der Waals surface area contributed by atoms with E-state index in [0.717, 1.165) is 0 Å². The van der Waals surface area contributed by atoms with Gasteiger partial charge in [0.2, 0.25) is 0 Å². The summed E-state index contributed by atoms with van der Waals surface area (Å²) in [6.45, 7) is 4.53. The van der Waals surface area contributed by atoms with Crippen molar-refractivity contribution in [3.8, 4) is 0 Å². The van der Waals surface area contributed by atoms with Crippen molar-refractivity contribution in [1.29, 1.82) is 0 Å². The van der Waals surface area contributed by atoms with Crippen LogP contribution in [0.25, 0.3) is 0 Å². The summed E-state index contributed by atoms with van der Waals surface area (Å²) in [5.41, 5.74) is 0. The van der Waals surface area contributed by atoms with Crippen molar-refractivity contribution in [3.05, 3.63) is 0 Å². The molecule has 0 aliphatic heterocycles. The van der Waals surface area contributed by atoms with Gasteiger partial charge in [-0.25, -0.2) is 0 Å². The SMILES string of the molecule is CCCCCCCCS(CCCCCCCC)=[PH](O)S.[Zn]. The molecular formula is C16H37OPS2Zn. The fourth-order valence-electron chi connectivity index (χ4n) is 2.40. The monoisotopic (exact) mass is 404 g/mol. The molecule has 5 heteroatoms. The topological polar surface area (TPSA) is 20.2 Å². The van der Waals surface area contributed by atoms with Crippen LogP contribution in [-0.4, -0.2) is 16.4 Å². The van der Waals surface area contributed by atoms with Gasteiger partial charge in [-0.1, -0.05) is 78.1 Å². The van der Waals surface area contributed by atoms with Gasteiger partial charge in [-0.3, -0.25) is 0 Å². The minimum absolute atomic E-state index is 0. The van der Waals surface area contributed by atoms with Gasteiger partial charge in [-0.05, 0) is 24.3 Å². The van der Waals surface area contributed by atoms with Crippen LogP contribution in [0.3, 0.4) is 0 Å². The number of hydrogen-bond donors (Lipinski definition) is 2. The molecule has 0 rings (SSSR count). The van der Waals surface area contributed by atoms with Gasteiger partial charge >= 0.3 is 0 Å². The molecule has 0 heterocycles. The predicted octanol–water partition coefficient (Wildman–Crippen LogP) is 6.20. The molecule has 1 N–H and O–H groups in total. The van der Waals surface area contributed by atoms with E-state index in [2.05, 4.69) is 26.1 Å². The molecular weight excluding hydrogens is 369 g/mol. The fraction of sp³-hybridized carbons (Fsp3) is 1.00. The molecule has 0 fully saturated rings. The van der Waals surface area contributed by atoms with E-state index < -0.39 is 6.13 Å². The van der Waals surface area contributed by atoms with Crippen LogP contribution in [-0.2, 0) is 29.6 Å². The molecule has 0 saturated heterocycles. The Kier molecular flexibility index (Phi) is 23.5. The number of rotatable bonds is 14. The maximum Gasteiger partial charge on any atom is 0.0631 e. The molecule has 0 aliphatic carbocycles. The summed E-state index contributed by atoms with van der Waals surface area (Å²) in [6, 6.07) is 0. The van der Waals surface area contributed by atoms with Crippen LogP contribution in [0.1, 0.15) is 90.9 Å². The molecule has 1 atom stereocenters. The third-order valence-corrected chi connectivity index (χ3v) is 10.9. The zero-order chi connectivity index (χ0) is 15.1. The smallest absolute Gasteiger partial charge is 0.0631 e. The molecule has 126 valence electrons. The molecule has 0 aromatic heterocycles. The van der Waals surface area contributed by atoms with E-state index in [4.69, 9.17) is 0 Å². The van der Waals surface area contributed by atoms with Gasteiger partial charge in [0, 0.05) is 19.5 Å². The van der Waals surface area contributed by atoms with E-state index in [1.165, 1.54) is 88.6 Å². The Morgan fingerprint density at radius 1 is 0.714 bits per heavy atom. The van der Waals surface area contributed by atoms with E-state index in [1.807, 2.05) is 0 Å². The van der Waals surface area contributed by atoms with Crippen LogP contribution >= 0.6 is 18.4 Å². The first-order chi connectivity index (χ1) is 9.72. The molecule has 0 bridgehead atoms. The average molecular weight is 406 g/mol. The second-order valence-electron chi connectivity index (χ2n) is 5.72. The normalized spacial score (nSPS) is 12.4. The molecule has 0 spiro atoms. The Morgan fingerprint density at radius 2 is 1.05 bits per heavy atom. The maximum absolute atomic E-state index is 9.87. The van der Waals surface area contributed by atoms with Crippen LogP contribution in [0, 0.1) is 0 Å². The fourth-order valence-corrected chi connectivity index (χ4v) is 7.68. The summed E-state index contributed by atoms with van der Waals surface area (Å²) < 4.78 is 0. The third kappa shape index (κ3) is 17.9. The van der Waals surface area contributed by atoms with E-state index in [0.29, 0.717) is 0 Å². The number of thiol groups is 1. The van der Waals surface area contributed by atoms with E-state index >= 15 is 0 Å². The summed E-state index contributed by atoms with van der Waals surface area (Å²) in [4.78, 5) is 9.87. The van der Waals surface area contributed by atoms with Crippen LogP contribution < -0.4 is 0 Å². The summed E-state index contributed by atoms with van der Waals surface area (Å²) in [6.07, 6.45) is 14.9. The minimum atomic E-state index is -1.34. The van der Waals surface area contributed by atoms with Crippen LogP contribution in [0.5, 0.6) is 0 Å². The third-order valence-electron chi connectivity index (χ3n) is 3.75. The van der Waals surface area contributed by atoms with Crippen molar-refractivity contribution >= 4 is 28.4 Å². The van der Waals surface area contributed by atoms with Crippen molar-refractivity contribution in [3.63, 3.8) is 0 Å². The molecule has 0 saturated carbocycles. The van der Waals surface area contributed by atoms with Gasteiger partial charge in [0.1, 0.15) is 0 Å². The molecule has 0 aromatic carbocycles. The predicted molar refractivity (Wildman–Crippen MR) is 103 cm³/mol.